The molecule has 9 heteroatoms. The van der Waals surface area contributed by atoms with Crippen LogP contribution < -0.4 is 4.90 Å². The van der Waals surface area contributed by atoms with E-state index in [9.17, 15) is 17.6 Å². The molecule has 2 aromatic carbocycles. The fourth-order valence-electron chi connectivity index (χ4n) is 4.56. The summed E-state index contributed by atoms with van der Waals surface area (Å²) in [5, 5.41) is 0.416. The van der Waals surface area contributed by atoms with Crippen LogP contribution in [-0.4, -0.2) is 55.6 Å². The number of hydrogen-bond acceptors (Lipinski definition) is 6. The second-order valence-electron chi connectivity index (χ2n) is 8.34. The molecule has 32 heavy (non-hydrogen) atoms. The number of nitrogens with zero attached hydrogens (tertiary/aromatic N) is 3. The first-order chi connectivity index (χ1) is 15.4. The number of anilines is 1. The van der Waals surface area contributed by atoms with Gasteiger partial charge in [0.1, 0.15) is 5.82 Å². The Morgan fingerprint density at radius 2 is 1.75 bits per heavy atom. The van der Waals surface area contributed by atoms with Crippen LogP contribution in [0.5, 0.6) is 0 Å². The smallest absolute Gasteiger partial charge is 0.255 e. The molecule has 0 unspecified atom stereocenters. The Hall–Kier alpha value is -2.52. The number of carbonyl (C=O) groups excluding carboxylic acids is 1. The van der Waals surface area contributed by atoms with E-state index >= 15 is 0 Å². The van der Waals surface area contributed by atoms with Crippen LogP contribution in [0.1, 0.15) is 36.0 Å². The zero-order chi connectivity index (χ0) is 22.3. The summed E-state index contributed by atoms with van der Waals surface area (Å²) in [5.41, 5.74) is 1.03. The Kier molecular flexibility index (Phi) is 5.63. The minimum absolute atomic E-state index is 0.160. The zero-order valence-corrected chi connectivity index (χ0v) is 19.2. The molecule has 3 aromatic rings. The molecule has 2 heterocycles. The van der Waals surface area contributed by atoms with Gasteiger partial charge in [-0.3, -0.25) is 4.79 Å². The van der Waals surface area contributed by atoms with Gasteiger partial charge in [0, 0.05) is 26.2 Å². The van der Waals surface area contributed by atoms with Crippen molar-refractivity contribution in [2.24, 2.45) is 0 Å². The Balaban J connectivity index is 1.32. The highest BCUT2D eigenvalue weighted by Gasteiger charge is 2.34. The second-order valence-corrected chi connectivity index (χ2v) is 11.5. The van der Waals surface area contributed by atoms with E-state index in [-0.39, 0.29) is 22.2 Å². The van der Waals surface area contributed by atoms with Crippen LogP contribution >= 0.6 is 11.3 Å². The quantitative estimate of drug-likeness (QED) is 0.570. The van der Waals surface area contributed by atoms with Gasteiger partial charge >= 0.3 is 0 Å². The van der Waals surface area contributed by atoms with Crippen molar-refractivity contribution >= 4 is 42.4 Å². The molecule has 1 aliphatic heterocycles. The molecule has 6 nitrogen and oxygen atoms in total. The van der Waals surface area contributed by atoms with Gasteiger partial charge in [-0.15, -0.1) is 0 Å². The van der Waals surface area contributed by atoms with Crippen molar-refractivity contribution in [2.45, 2.75) is 35.8 Å². The lowest BCUT2D eigenvalue weighted by atomic mass is 10.2. The van der Waals surface area contributed by atoms with Crippen LogP contribution in [-0.2, 0) is 9.84 Å². The number of rotatable bonds is 4. The first kappa shape index (κ1) is 21.3. The van der Waals surface area contributed by atoms with Crippen LogP contribution in [0.3, 0.4) is 0 Å². The molecule has 0 bridgehead atoms. The number of piperazine rings is 1. The summed E-state index contributed by atoms with van der Waals surface area (Å²) in [6.07, 6.45) is 3.16. The first-order valence-electron chi connectivity index (χ1n) is 10.9. The van der Waals surface area contributed by atoms with Gasteiger partial charge in [0.15, 0.2) is 15.0 Å². The SMILES string of the molecule is O=C(c1ccccc1S(=O)(=O)C1CCCC1)N1CCN(c2nc3ccc(F)cc3s2)CC1. The molecular weight excluding hydrogens is 449 g/mol. The largest absolute Gasteiger partial charge is 0.345 e. The highest BCUT2D eigenvalue weighted by molar-refractivity contribution is 7.92. The maximum atomic E-state index is 13.5. The van der Waals surface area contributed by atoms with Gasteiger partial charge in [0.2, 0.25) is 0 Å². The van der Waals surface area contributed by atoms with E-state index in [4.69, 9.17) is 0 Å². The molecule has 5 rings (SSSR count). The number of halogens is 1. The number of amides is 1. The monoisotopic (exact) mass is 473 g/mol. The summed E-state index contributed by atoms with van der Waals surface area (Å²) in [7, 11) is -3.52. The maximum absolute atomic E-state index is 13.5. The van der Waals surface area contributed by atoms with Crippen LogP contribution in [0.25, 0.3) is 10.2 Å². The van der Waals surface area contributed by atoms with E-state index in [1.54, 1.807) is 35.2 Å². The van der Waals surface area contributed by atoms with Crippen molar-refractivity contribution in [1.82, 2.24) is 9.88 Å². The minimum atomic E-state index is -3.52. The van der Waals surface area contributed by atoms with Gasteiger partial charge in [-0.25, -0.2) is 17.8 Å². The molecule has 0 radical (unpaired) electrons. The molecule has 1 amide bonds. The molecule has 1 aromatic heterocycles. The highest BCUT2D eigenvalue weighted by atomic mass is 32.2. The second kappa shape index (κ2) is 8.44. The molecular formula is C23H24FN3O3S2. The van der Waals surface area contributed by atoms with Crippen LogP contribution in [0.15, 0.2) is 47.4 Å². The number of fused-ring (bicyclic) bond motifs is 1. The Morgan fingerprint density at radius 3 is 2.50 bits per heavy atom. The van der Waals surface area contributed by atoms with Gasteiger partial charge in [0.05, 0.1) is 25.9 Å². The maximum Gasteiger partial charge on any atom is 0.255 e. The van der Waals surface area contributed by atoms with Crippen LogP contribution in [0, 0.1) is 5.82 Å². The summed E-state index contributed by atoms with van der Waals surface area (Å²) < 4.78 is 40.6. The van der Waals surface area contributed by atoms with E-state index in [1.807, 2.05) is 0 Å². The molecule has 2 fully saturated rings. The number of hydrogen-bond donors (Lipinski definition) is 0. The average Bonchev–Trinajstić information content (AvgIpc) is 3.49. The third kappa shape index (κ3) is 3.88. The molecule has 168 valence electrons. The fraction of sp³-hybridized carbons (Fsp3) is 0.391. The predicted molar refractivity (Wildman–Crippen MR) is 124 cm³/mol. The Morgan fingerprint density at radius 1 is 1.03 bits per heavy atom. The number of aromatic nitrogens is 1. The van der Waals surface area contributed by atoms with Crippen molar-refractivity contribution in [3.8, 4) is 0 Å². The molecule has 0 spiro atoms. The van der Waals surface area contributed by atoms with E-state index in [0.717, 1.165) is 28.2 Å². The number of thiazole rings is 1. The van der Waals surface area contributed by atoms with Gasteiger partial charge in [-0.2, -0.15) is 0 Å². The topological polar surface area (TPSA) is 70.6 Å². The molecule has 1 saturated heterocycles. The predicted octanol–water partition coefficient (Wildman–Crippen LogP) is 4.11. The highest BCUT2D eigenvalue weighted by Crippen LogP contribution is 2.33. The summed E-state index contributed by atoms with van der Waals surface area (Å²) in [5.74, 6) is -0.525. The van der Waals surface area contributed by atoms with Gasteiger partial charge < -0.3 is 9.80 Å². The lowest BCUT2D eigenvalue weighted by Gasteiger charge is -2.35. The average molecular weight is 474 g/mol. The number of benzene rings is 2. The summed E-state index contributed by atoms with van der Waals surface area (Å²) in [4.78, 5) is 21.8. The van der Waals surface area contributed by atoms with Crippen molar-refractivity contribution in [3.05, 3.63) is 53.8 Å². The fourth-order valence-corrected chi connectivity index (χ4v) is 7.65. The van der Waals surface area contributed by atoms with Gasteiger partial charge in [-0.05, 0) is 43.2 Å². The van der Waals surface area contributed by atoms with E-state index in [0.29, 0.717) is 39.0 Å². The normalized spacial score (nSPS) is 17.9. The minimum Gasteiger partial charge on any atom is -0.345 e. The summed E-state index contributed by atoms with van der Waals surface area (Å²) in [6, 6.07) is 11.2. The third-order valence-electron chi connectivity index (χ3n) is 6.34. The standard InChI is InChI=1S/C23H24FN3O3S2/c24-16-9-10-19-20(15-16)31-23(25-19)27-13-11-26(12-14-27)22(28)18-7-3-4-8-21(18)32(29,30)17-5-1-2-6-17/h3-4,7-10,15,17H,1-2,5-6,11-14H2. The summed E-state index contributed by atoms with van der Waals surface area (Å²) >= 11 is 1.44. The van der Waals surface area contributed by atoms with Crippen molar-refractivity contribution in [3.63, 3.8) is 0 Å². The van der Waals surface area contributed by atoms with E-state index in [2.05, 4.69) is 9.88 Å². The van der Waals surface area contributed by atoms with Crippen molar-refractivity contribution in [1.29, 1.82) is 0 Å². The molecule has 0 N–H and O–H groups in total. The Labute approximate surface area is 190 Å². The zero-order valence-electron chi connectivity index (χ0n) is 17.5. The van der Waals surface area contributed by atoms with Crippen LogP contribution in [0.4, 0.5) is 9.52 Å². The molecule has 1 aliphatic carbocycles. The first-order valence-corrected chi connectivity index (χ1v) is 13.2. The third-order valence-corrected chi connectivity index (χ3v) is 9.74. The molecule has 1 saturated carbocycles. The van der Waals surface area contributed by atoms with Gasteiger partial charge in [0.25, 0.3) is 5.91 Å². The van der Waals surface area contributed by atoms with Crippen molar-refractivity contribution < 1.29 is 17.6 Å². The molecule has 2 aliphatic rings. The number of carbonyl (C=O) groups is 1. The van der Waals surface area contributed by atoms with Gasteiger partial charge in [-0.1, -0.05) is 36.3 Å². The lowest BCUT2D eigenvalue weighted by Crippen LogP contribution is -2.49. The Bertz CT molecular complexity index is 1260. The van der Waals surface area contributed by atoms with E-state index in [1.165, 1.54) is 23.5 Å². The van der Waals surface area contributed by atoms with Crippen LogP contribution in [0.2, 0.25) is 0 Å². The summed E-state index contributed by atoms with van der Waals surface area (Å²) in [6.45, 7) is 2.12. The van der Waals surface area contributed by atoms with E-state index < -0.39 is 15.1 Å². The number of sulfone groups is 1. The lowest BCUT2D eigenvalue weighted by molar-refractivity contribution is 0.0743. The molecule has 0 atom stereocenters. The van der Waals surface area contributed by atoms with Crippen molar-refractivity contribution in [2.75, 3.05) is 31.1 Å².